The van der Waals surface area contributed by atoms with E-state index in [0.29, 0.717) is 6.54 Å². The molecule has 0 saturated carbocycles. The van der Waals surface area contributed by atoms with Crippen molar-refractivity contribution in [1.29, 1.82) is 0 Å². The third kappa shape index (κ3) is 6.34. The highest BCUT2D eigenvalue weighted by Crippen LogP contribution is 1.93. The van der Waals surface area contributed by atoms with Gasteiger partial charge in [-0.1, -0.05) is 6.08 Å². The summed E-state index contributed by atoms with van der Waals surface area (Å²) in [4.78, 5) is 4.72. The molecule has 1 heterocycles. The van der Waals surface area contributed by atoms with Crippen LogP contribution in [-0.4, -0.2) is 56.6 Å². The monoisotopic (exact) mass is 171 g/mol. The predicted molar refractivity (Wildman–Crippen MR) is 54.2 cm³/mol. The van der Waals surface area contributed by atoms with Gasteiger partial charge >= 0.3 is 0 Å². The Morgan fingerprint density at radius 2 is 1.42 bits per heavy atom. The molecule has 3 nitrogen and oxygen atoms in total. The van der Waals surface area contributed by atoms with Crippen LogP contribution in [0.5, 0.6) is 0 Å². The second kappa shape index (κ2) is 7.28. The van der Waals surface area contributed by atoms with Crippen LogP contribution in [0.1, 0.15) is 0 Å². The Kier molecular flexibility index (Phi) is 7.05. The Bertz CT molecular complexity index is 96.3. The first-order valence-corrected chi connectivity index (χ1v) is 4.38. The lowest BCUT2D eigenvalue weighted by Gasteiger charge is -2.28. The summed E-state index contributed by atoms with van der Waals surface area (Å²) in [6.45, 7) is 8.87. The molecule has 1 saturated heterocycles. The Morgan fingerprint density at radius 3 is 1.58 bits per heavy atom. The summed E-state index contributed by atoms with van der Waals surface area (Å²) in [7, 11) is 4.35. The van der Waals surface area contributed by atoms with Crippen molar-refractivity contribution in [2.75, 3.05) is 46.8 Å². The highest BCUT2D eigenvalue weighted by Gasteiger charge is 2.07. The normalized spacial score (nSPS) is 19.6. The molecule has 0 amide bonds. The van der Waals surface area contributed by atoms with Gasteiger partial charge in [0.1, 0.15) is 0 Å². The Morgan fingerprint density at radius 1 is 1.17 bits per heavy atom. The SMILES string of the molecule is C=CCN.CN1CCN(C)CC1. The van der Waals surface area contributed by atoms with Gasteiger partial charge in [-0.25, -0.2) is 0 Å². The molecule has 1 aliphatic heterocycles. The first-order chi connectivity index (χ1) is 5.70. The van der Waals surface area contributed by atoms with Crippen molar-refractivity contribution in [2.45, 2.75) is 0 Å². The zero-order valence-corrected chi connectivity index (χ0v) is 8.29. The van der Waals surface area contributed by atoms with Crippen molar-refractivity contribution < 1.29 is 0 Å². The molecule has 0 aromatic carbocycles. The fourth-order valence-electron chi connectivity index (χ4n) is 0.906. The molecule has 1 fully saturated rings. The van der Waals surface area contributed by atoms with Crippen LogP contribution in [0.3, 0.4) is 0 Å². The van der Waals surface area contributed by atoms with E-state index < -0.39 is 0 Å². The number of piperazine rings is 1. The summed E-state index contributed by atoms with van der Waals surface area (Å²) in [5.74, 6) is 0. The molecular formula is C9H21N3. The van der Waals surface area contributed by atoms with Crippen molar-refractivity contribution >= 4 is 0 Å². The molecule has 2 N–H and O–H groups in total. The van der Waals surface area contributed by atoms with Gasteiger partial charge in [0.05, 0.1) is 0 Å². The lowest BCUT2D eigenvalue weighted by molar-refractivity contribution is 0.181. The van der Waals surface area contributed by atoms with Crippen molar-refractivity contribution in [3.05, 3.63) is 12.7 Å². The number of hydrogen-bond donors (Lipinski definition) is 1. The molecule has 0 radical (unpaired) electrons. The van der Waals surface area contributed by atoms with Crippen LogP contribution in [-0.2, 0) is 0 Å². The van der Waals surface area contributed by atoms with Crippen LogP contribution in [0.15, 0.2) is 12.7 Å². The van der Waals surface area contributed by atoms with Gasteiger partial charge in [0, 0.05) is 32.7 Å². The Hall–Kier alpha value is -0.380. The Balaban J connectivity index is 0.000000261. The van der Waals surface area contributed by atoms with Gasteiger partial charge in [-0.2, -0.15) is 0 Å². The fourth-order valence-corrected chi connectivity index (χ4v) is 0.906. The van der Waals surface area contributed by atoms with Crippen LogP contribution in [0.2, 0.25) is 0 Å². The average molecular weight is 171 g/mol. The number of hydrogen-bond acceptors (Lipinski definition) is 3. The maximum absolute atomic E-state index is 4.91. The first-order valence-electron chi connectivity index (χ1n) is 4.38. The molecule has 1 rings (SSSR count). The van der Waals surface area contributed by atoms with E-state index in [2.05, 4.69) is 30.5 Å². The first kappa shape index (κ1) is 11.6. The smallest absolute Gasteiger partial charge is 0.0107 e. The maximum Gasteiger partial charge on any atom is 0.0107 e. The number of nitrogens with zero attached hydrogens (tertiary/aromatic N) is 2. The standard InChI is InChI=1S/C6H14N2.C3H7N/c1-7-3-5-8(2)6-4-7;1-2-3-4/h3-6H2,1-2H3;2H,1,3-4H2. The third-order valence-electron chi connectivity index (χ3n) is 1.89. The second-order valence-corrected chi connectivity index (χ2v) is 3.13. The fraction of sp³-hybridized carbons (Fsp3) is 0.778. The average Bonchev–Trinajstić information content (AvgIpc) is 2.11. The minimum absolute atomic E-state index is 0.583. The molecule has 0 atom stereocenters. The molecule has 72 valence electrons. The molecule has 0 unspecified atom stereocenters. The summed E-state index contributed by atoms with van der Waals surface area (Å²) in [5.41, 5.74) is 4.91. The molecule has 0 aromatic heterocycles. The van der Waals surface area contributed by atoms with Gasteiger partial charge in [-0.3, -0.25) is 0 Å². The van der Waals surface area contributed by atoms with Crippen LogP contribution >= 0.6 is 0 Å². The number of nitrogens with two attached hydrogens (primary N) is 1. The lowest BCUT2D eigenvalue weighted by atomic mass is 10.4. The largest absolute Gasteiger partial charge is 0.327 e. The van der Waals surface area contributed by atoms with E-state index in [1.807, 2.05) is 0 Å². The van der Waals surface area contributed by atoms with Crippen LogP contribution in [0, 0.1) is 0 Å². The van der Waals surface area contributed by atoms with E-state index >= 15 is 0 Å². The van der Waals surface area contributed by atoms with Crippen LogP contribution in [0.25, 0.3) is 0 Å². The van der Waals surface area contributed by atoms with E-state index in [-0.39, 0.29) is 0 Å². The van der Waals surface area contributed by atoms with Gasteiger partial charge in [-0.05, 0) is 14.1 Å². The van der Waals surface area contributed by atoms with Crippen molar-refractivity contribution in [3.8, 4) is 0 Å². The van der Waals surface area contributed by atoms with E-state index in [9.17, 15) is 0 Å². The Labute approximate surface area is 75.8 Å². The van der Waals surface area contributed by atoms with Gasteiger partial charge in [0.2, 0.25) is 0 Å². The molecule has 0 spiro atoms. The highest BCUT2D eigenvalue weighted by atomic mass is 15.2. The highest BCUT2D eigenvalue weighted by molar-refractivity contribution is 4.65. The van der Waals surface area contributed by atoms with Crippen molar-refractivity contribution in [3.63, 3.8) is 0 Å². The van der Waals surface area contributed by atoms with Gasteiger partial charge < -0.3 is 15.5 Å². The molecule has 1 aliphatic rings. The minimum atomic E-state index is 0.583. The van der Waals surface area contributed by atoms with Gasteiger partial charge in [-0.15, -0.1) is 6.58 Å². The molecule has 12 heavy (non-hydrogen) atoms. The summed E-state index contributed by atoms with van der Waals surface area (Å²) >= 11 is 0. The van der Waals surface area contributed by atoms with E-state index in [0.717, 1.165) is 0 Å². The van der Waals surface area contributed by atoms with E-state index in [4.69, 9.17) is 5.73 Å². The molecule has 0 aromatic rings. The zero-order chi connectivity index (χ0) is 9.40. The number of rotatable bonds is 1. The topological polar surface area (TPSA) is 32.5 Å². The van der Waals surface area contributed by atoms with Gasteiger partial charge in [0.15, 0.2) is 0 Å². The maximum atomic E-state index is 4.91. The van der Waals surface area contributed by atoms with Crippen molar-refractivity contribution in [1.82, 2.24) is 9.80 Å². The summed E-state index contributed by atoms with van der Waals surface area (Å²) < 4.78 is 0. The molecule has 0 bridgehead atoms. The predicted octanol–water partition coefficient (Wildman–Crippen LogP) is -0.00530. The third-order valence-corrected chi connectivity index (χ3v) is 1.89. The number of likely N-dealkylation sites (N-methyl/N-ethyl adjacent to an activating group) is 2. The second-order valence-electron chi connectivity index (χ2n) is 3.13. The van der Waals surface area contributed by atoms with Gasteiger partial charge in [0.25, 0.3) is 0 Å². The van der Waals surface area contributed by atoms with Crippen LogP contribution < -0.4 is 5.73 Å². The quantitative estimate of drug-likeness (QED) is 0.563. The molecule has 0 aliphatic carbocycles. The zero-order valence-electron chi connectivity index (χ0n) is 8.29. The summed E-state index contributed by atoms with van der Waals surface area (Å²) in [5, 5.41) is 0. The molecule has 3 heteroatoms. The summed E-state index contributed by atoms with van der Waals surface area (Å²) in [6.07, 6.45) is 1.65. The van der Waals surface area contributed by atoms with Crippen molar-refractivity contribution in [2.24, 2.45) is 5.73 Å². The minimum Gasteiger partial charge on any atom is -0.327 e. The molecular weight excluding hydrogens is 150 g/mol. The summed E-state index contributed by atoms with van der Waals surface area (Å²) in [6, 6.07) is 0. The van der Waals surface area contributed by atoms with Crippen LogP contribution in [0.4, 0.5) is 0 Å². The van der Waals surface area contributed by atoms with E-state index in [1.165, 1.54) is 26.2 Å². The van der Waals surface area contributed by atoms with E-state index in [1.54, 1.807) is 6.08 Å². The lowest BCUT2D eigenvalue weighted by Crippen LogP contribution is -2.42.